The van der Waals surface area contributed by atoms with Crippen LogP contribution in [0.4, 0.5) is 0 Å². The number of ether oxygens (including phenoxy) is 2. The van der Waals surface area contributed by atoms with E-state index in [1.807, 2.05) is 50.2 Å². The monoisotopic (exact) mass is 357 g/mol. The number of carbonyl (C=O) groups excluding carboxylic acids is 1. The van der Waals surface area contributed by atoms with Crippen molar-refractivity contribution in [2.45, 2.75) is 26.8 Å². The number of aliphatic hydroxyl groups excluding tert-OH is 1. The minimum absolute atomic E-state index is 0.0300. The molecule has 0 aliphatic heterocycles. The van der Waals surface area contributed by atoms with E-state index in [0.717, 1.165) is 22.3 Å². The number of rotatable bonds is 8. The second kappa shape index (κ2) is 9.25. The summed E-state index contributed by atoms with van der Waals surface area (Å²) in [6, 6.07) is 11.6. The molecule has 0 fully saturated rings. The van der Waals surface area contributed by atoms with E-state index >= 15 is 0 Å². The normalized spacial score (nSPS) is 10.5. The number of carbonyl (C=O) groups is 1. The Bertz CT molecular complexity index is 758. The summed E-state index contributed by atoms with van der Waals surface area (Å²) >= 11 is 0. The van der Waals surface area contributed by atoms with Crippen molar-refractivity contribution in [3.05, 3.63) is 58.7 Å². The summed E-state index contributed by atoms with van der Waals surface area (Å²) in [5.74, 6) is 1.36. The minimum atomic E-state index is -0.0924. The summed E-state index contributed by atoms with van der Waals surface area (Å²) in [6.45, 7) is 4.54. The van der Waals surface area contributed by atoms with Gasteiger partial charge < -0.3 is 19.5 Å². The van der Waals surface area contributed by atoms with Crippen molar-refractivity contribution in [2.75, 3.05) is 27.4 Å². The van der Waals surface area contributed by atoms with Crippen LogP contribution in [-0.4, -0.2) is 43.3 Å². The van der Waals surface area contributed by atoms with Crippen LogP contribution in [0.2, 0.25) is 0 Å². The average molecular weight is 357 g/mol. The van der Waals surface area contributed by atoms with Gasteiger partial charge in [-0.3, -0.25) is 4.79 Å². The summed E-state index contributed by atoms with van der Waals surface area (Å²) in [6.07, 6.45) is 0.305. The van der Waals surface area contributed by atoms with Crippen molar-refractivity contribution in [3.8, 4) is 11.5 Å². The van der Waals surface area contributed by atoms with Crippen LogP contribution >= 0.6 is 0 Å². The average Bonchev–Trinajstić information content (AvgIpc) is 2.64. The number of aryl methyl sites for hydroxylation is 2. The minimum Gasteiger partial charge on any atom is -0.497 e. The van der Waals surface area contributed by atoms with Gasteiger partial charge in [-0.1, -0.05) is 23.8 Å². The summed E-state index contributed by atoms with van der Waals surface area (Å²) in [5, 5.41) is 9.41. The Morgan fingerprint density at radius 1 is 1.04 bits per heavy atom. The Morgan fingerprint density at radius 2 is 1.81 bits per heavy atom. The first kappa shape index (κ1) is 19.8. The van der Waals surface area contributed by atoms with Gasteiger partial charge in [-0.15, -0.1) is 0 Å². The molecule has 5 heteroatoms. The third kappa shape index (κ3) is 4.99. The number of benzene rings is 2. The molecule has 0 saturated carbocycles. The molecule has 140 valence electrons. The molecule has 0 heterocycles. The van der Waals surface area contributed by atoms with Crippen LogP contribution in [0.1, 0.15) is 22.3 Å². The molecule has 1 amide bonds. The molecule has 0 saturated heterocycles. The molecule has 5 nitrogen and oxygen atoms in total. The van der Waals surface area contributed by atoms with Crippen LogP contribution in [0.15, 0.2) is 36.4 Å². The van der Waals surface area contributed by atoms with Gasteiger partial charge >= 0.3 is 0 Å². The van der Waals surface area contributed by atoms with Gasteiger partial charge in [0.05, 0.1) is 27.2 Å². The fourth-order valence-corrected chi connectivity index (χ4v) is 2.89. The van der Waals surface area contributed by atoms with Crippen molar-refractivity contribution in [1.29, 1.82) is 0 Å². The molecule has 0 unspecified atom stereocenters. The Labute approximate surface area is 155 Å². The summed E-state index contributed by atoms with van der Waals surface area (Å²) < 4.78 is 10.7. The summed E-state index contributed by atoms with van der Waals surface area (Å²) in [4.78, 5) is 14.5. The number of hydrogen-bond acceptors (Lipinski definition) is 4. The number of hydrogen-bond donors (Lipinski definition) is 1. The van der Waals surface area contributed by atoms with Gasteiger partial charge in [0.2, 0.25) is 5.91 Å². The van der Waals surface area contributed by atoms with Gasteiger partial charge in [0.1, 0.15) is 11.5 Å². The fourth-order valence-electron chi connectivity index (χ4n) is 2.89. The van der Waals surface area contributed by atoms with E-state index in [0.29, 0.717) is 24.5 Å². The molecule has 0 radical (unpaired) electrons. The predicted octanol–water partition coefficient (Wildman–Crippen LogP) is 2.88. The van der Waals surface area contributed by atoms with Crippen molar-refractivity contribution in [3.63, 3.8) is 0 Å². The lowest BCUT2D eigenvalue weighted by Crippen LogP contribution is -2.34. The van der Waals surface area contributed by atoms with Gasteiger partial charge in [0.25, 0.3) is 0 Å². The van der Waals surface area contributed by atoms with Crippen LogP contribution in [0.5, 0.6) is 11.5 Å². The molecular weight excluding hydrogens is 330 g/mol. The van der Waals surface area contributed by atoms with Gasteiger partial charge in [-0.2, -0.15) is 0 Å². The molecule has 0 aliphatic rings. The van der Waals surface area contributed by atoms with E-state index in [1.165, 1.54) is 0 Å². The zero-order chi connectivity index (χ0) is 19.1. The molecule has 1 N–H and O–H groups in total. The standard InChI is InChI=1S/C21H27NO4/c1-15-5-6-16(2)17(11-15)13-21(24)22(9-10-23)14-18-12-19(25-3)7-8-20(18)26-4/h5-8,11-12,23H,9-10,13-14H2,1-4H3. The molecule has 0 bridgehead atoms. The molecule has 0 spiro atoms. The number of nitrogens with zero attached hydrogens (tertiary/aromatic N) is 1. The van der Waals surface area contributed by atoms with E-state index in [1.54, 1.807) is 19.1 Å². The first-order chi connectivity index (χ1) is 12.5. The van der Waals surface area contributed by atoms with Crippen LogP contribution in [0, 0.1) is 13.8 Å². The molecule has 26 heavy (non-hydrogen) atoms. The maximum absolute atomic E-state index is 12.9. The van der Waals surface area contributed by atoms with Gasteiger partial charge in [-0.25, -0.2) is 0 Å². The van der Waals surface area contributed by atoms with E-state index in [-0.39, 0.29) is 19.1 Å². The van der Waals surface area contributed by atoms with E-state index in [4.69, 9.17) is 9.47 Å². The maximum Gasteiger partial charge on any atom is 0.227 e. The lowest BCUT2D eigenvalue weighted by Gasteiger charge is -2.24. The smallest absolute Gasteiger partial charge is 0.227 e. The third-order valence-corrected chi connectivity index (χ3v) is 4.42. The fraction of sp³-hybridized carbons (Fsp3) is 0.381. The molecule has 2 aromatic carbocycles. The lowest BCUT2D eigenvalue weighted by atomic mass is 10.0. The molecule has 0 aromatic heterocycles. The molecule has 0 atom stereocenters. The van der Waals surface area contributed by atoms with Gasteiger partial charge in [0.15, 0.2) is 0 Å². The van der Waals surface area contributed by atoms with Crippen molar-refractivity contribution < 1.29 is 19.4 Å². The number of aliphatic hydroxyl groups is 1. The van der Waals surface area contributed by atoms with Crippen LogP contribution in [0.3, 0.4) is 0 Å². The first-order valence-electron chi connectivity index (χ1n) is 8.64. The lowest BCUT2D eigenvalue weighted by molar-refractivity contribution is -0.131. The molecule has 0 aliphatic carbocycles. The second-order valence-corrected chi connectivity index (χ2v) is 6.32. The summed E-state index contributed by atoms with van der Waals surface area (Å²) in [7, 11) is 3.20. The highest BCUT2D eigenvalue weighted by molar-refractivity contribution is 5.79. The quantitative estimate of drug-likeness (QED) is 0.789. The number of methoxy groups -OCH3 is 2. The predicted molar refractivity (Wildman–Crippen MR) is 102 cm³/mol. The Morgan fingerprint density at radius 3 is 2.46 bits per heavy atom. The third-order valence-electron chi connectivity index (χ3n) is 4.42. The Hall–Kier alpha value is -2.53. The van der Waals surface area contributed by atoms with E-state index < -0.39 is 0 Å². The zero-order valence-electron chi connectivity index (χ0n) is 15.9. The van der Waals surface area contributed by atoms with Crippen molar-refractivity contribution in [1.82, 2.24) is 4.90 Å². The Balaban J connectivity index is 2.22. The SMILES string of the molecule is COc1ccc(OC)c(CN(CCO)C(=O)Cc2cc(C)ccc2C)c1. The topological polar surface area (TPSA) is 59.0 Å². The molecular formula is C21H27NO4. The summed E-state index contributed by atoms with van der Waals surface area (Å²) in [5.41, 5.74) is 4.07. The van der Waals surface area contributed by atoms with E-state index in [9.17, 15) is 9.90 Å². The van der Waals surface area contributed by atoms with Gasteiger partial charge in [0, 0.05) is 18.7 Å². The highest BCUT2D eigenvalue weighted by Crippen LogP contribution is 2.25. The number of amides is 1. The zero-order valence-corrected chi connectivity index (χ0v) is 15.9. The van der Waals surface area contributed by atoms with Gasteiger partial charge in [-0.05, 0) is 43.2 Å². The second-order valence-electron chi connectivity index (χ2n) is 6.32. The molecule has 2 rings (SSSR count). The van der Waals surface area contributed by atoms with Crippen molar-refractivity contribution >= 4 is 5.91 Å². The highest BCUT2D eigenvalue weighted by Gasteiger charge is 2.17. The van der Waals surface area contributed by atoms with Crippen LogP contribution < -0.4 is 9.47 Å². The highest BCUT2D eigenvalue weighted by atomic mass is 16.5. The largest absolute Gasteiger partial charge is 0.497 e. The maximum atomic E-state index is 12.9. The van der Waals surface area contributed by atoms with E-state index in [2.05, 4.69) is 0 Å². The van der Waals surface area contributed by atoms with Crippen molar-refractivity contribution in [2.24, 2.45) is 0 Å². The molecule has 2 aromatic rings. The van der Waals surface area contributed by atoms with Crippen LogP contribution in [-0.2, 0) is 17.8 Å². The van der Waals surface area contributed by atoms with Crippen LogP contribution in [0.25, 0.3) is 0 Å². The Kier molecular flexibility index (Phi) is 7.04. The first-order valence-corrected chi connectivity index (χ1v) is 8.64.